The third-order valence-corrected chi connectivity index (χ3v) is 7.80. The van der Waals surface area contributed by atoms with Crippen molar-refractivity contribution in [1.82, 2.24) is 24.2 Å². The number of aromatic nitrogens is 3. The highest BCUT2D eigenvalue weighted by atomic mass is 32.2. The number of sulfonamides is 1. The number of halogens is 1. The highest BCUT2D eigenvalue weighted by molar-refractivity contribution is 7.89. The second-order valence-electron chi connectivity index (χ2n) is 8.12. The lowest BCUT2D eigenvalue weighted by molar-refractivity contribution is -0.128. The van der Waals surface area contributed by atoms with Gasteiger partial charge in [-0.05, 0) is 41.8 Å². The first-order valence-corrected chi connectivity index (χ1v) is 11.9. The first-order chi connectivity index (χ1) is 15.4. The molecule has 3 aromatic rings. The van der Waals surface area contributed by atoms with E-state index in [4.69, 9.17) is 0 Å². The van der Waals surface area contributed by atoms with Gasteiger partial charge in [-0.25, -0.2) is 17.5 Å². The zero-order chi connectivity index (χ0) is 22.3. The summed E-state index contributed by atoms with van der Waals surface area (Å²) < 4.78 is 42.1. The lowest BCUT2D eigenvalue weighted by Gasteiger charge is -2.37. The smallest absolute Gasteiger partial charge is 0.243 e. The van der Waals surface area contributed by atoms with E-state index in [2.05, 4.69) is 10.3 Å². The predicted octanol–water partition coefficient (Wildman–Crippen LogP) is 2.45. The Bertz CT molecular complexity index is 1240. The van der Waals surface area contributed by atoms with Crippen LogP contribution in [0, 0.1) is 5.82 Å². The standard InChI is InChI=1S/C22H22FN5O3S/c23-18-7-3-16(4-8-18)17-5-9-21(10-6-17)32(30,31)27-14-20(15-27)28-13-19(24-25-28)12-26-11-1-2-22(26)29/h3-10,13,20H,1-2,11-12,14-15H2. The fourth-order valence-corrected chi connectivity index (χ4v) is 5.54. The molecule has 1 aromatic heterocycles. The summed E-state index contributed by atoms with van der Waals surface area (Å²) in [7, 11) is -3.61. The molecule has 2 fully saturated rings. The van der Waals surface area contributed by atoms with E-state index in [1.54, 1.807) is 52.2 Å². The molecule has 0 spiro atoms. The van der Waals surface area contributed by atoms with Crippen LogP contribution in [0.15, 0.2) is 59.6 Å². The van der Waals surface area contributed by atoms with E-state index < -0.39 is 10.0 Å². The Morgan fingerprint density at radius 3 is 2.28 bits per heavy atom. The second-order valence-corrected chi connectivity index (χ2v) is 10.1. The Kier molecular flexibility index (Phi) is 5.26. The monoisotopic (exact) mass is 455 g/mol. The molecule has 2 saturated heterocycles. The maximum absolute atomic E-state index is 13.1. The van der Waals surface area contributed by atoms with Gasteiger partial charge in [0.25, 0.3) is 0 Å². The largest absolute Gasteiger partial charge is 0.337 e. The first-order valence-electron chi connectivity index (χ1n) is 10.4. The van der Waals surface area contributed by atoms with Gasteiger partial charge in [0, 0.05) is 26.1 Å². The molecule has 3 heterocycles. The Morgan fingerprint density at radius 2 is 1.66 bits per heavy atom. The summed E-state index contributed by atoms with van der Waals surface area (Å²) in [5.74, 6) is -0.185. The molecule has 166 valence electrons. The number of likely N-dealkylation sites (tertiary alicyclic amines) is 1. The van der Waals surface area contributed by atoms with Gasteiger partial charge >= 0.3 is 0 Å². The molecule has 0 radical (unpaired) electrons. The molecule has 1 amide bonds. The van der Waals surface area contributed by atoms with Crippen molar-refractivity contribution in [3.05, 3.63) is 66.2 Å². The molecule has 2 aromatic carbocycles. The maximum atomic E-state index is 13.1. The number of amides is 1. The van der Waals surface area contributed by atoms with Crippen LogP contribution in [0.5, 0.6) is 0 Å². The van der Waals surface area contributed by atoms with Crippen LogP contribution in [-0.4, -0.2) is 58.2 Å². The van der Waals surface area contributed by atoms with E-state index in [-0.39, 0.29) is 22.7 Å². The molecule has 10 heteroatoms. The van der Waals surface area contributed by atoms with Crippen LogP contribution < -0.4 is 0 Å². The highest BCUT2D eigenvalue weighted by Crippen LogP contribution is 2.29. The van der Waals surface area contributed by atoms with Gasteiger partial charge in [0.15, 0.2) is 0 Å². The summed E-state index contributed by atoms with van der Waals surface area (Å²) in [5.41, 5.74) is 2.34. The van der Waals surface area contributed by atoms with Crippen LogP contribution in [0.25, 0.3) is 11.1 Å². The lowest BCUT2D eigenvalue weighted by Crippen LogP contribution is -2.50. The second kappa shape index (κ2) is 8.10. The van der Waals surface area contributed by atoms with Crippen LogP contribution in [0.4, 0.5) is 4.39 Å². The van der Waals surface area contributed by atoms with Gasteiger partial charge in [0.2, 0.25) is 15.9 Å². The summed E-state index contributed by atoms with van der Waals surface area (Å²) in [5, 5.41) is 8.26. The van der Waals surface area contributed by atoms with Gasteiger partial charge in [0.05, 0.1) is 23.7 Å². The number of hydrogen-bond acceptors (Lipinski definition) is 5. The molecule has 5 rings (SSSR count). The van der Waals surface area contributed by atoms with Gasteiger partial charge in [-0.1, -0.05) is 29.5 Å². The zero-order valence-electron chi connectivity index (χ0n) is 17.3. The number of hydrogen-bond donors (Lipinski definition) is 0. The van der Waals surface area contributed by atoms with E-state index in [0.717, 1.165) is 24.1 Å². The molecule has 0 unspecified atom stereocenters. The first kappa shape index (κ1) is 20.8. The minimum Gasteiger partial charge on any atom is -0.337 e. The summed E-state index contributed by atoms with van der Waals surface area (Å²) >= 11 is 0. The van der Waals surface area contributed by atoms with Crippen LogP contribution >= 0.6 is 0 Å². The average Bonchev–Trinajstić information content (AvgIpc) is 3.37. The Labute approximate surface area is 185 Å². The summed E-state index contributed by atoms with van der Waals surface area (Å²) in [6, 6.07) is 12.6. The Morgan fingerprint density at radius 1 is 1.00 bits per heavy atom. The zero-order valence-corrected chi connectivity index (χ0v) is 18.1. The van der Waals surface area contributed by atoms with E-state index in [9.17, 15) is 17.6 Å². The van der Waals surface area contributed by atoms with Crippen LogP contribution in [-0.2, 0) is 21.4 Å². The number of carbonyl (C=O) groups excluding carboxylic acids is 1. The van der Waals surface area contributed by atoms with Crippen molar-refractivity contribution in [2.75, 3.05) is 19.6 Å². The summed E-state index contributed by atoms with van der Waals surface area (Å²) in [4.78, 5) is 13.8. The molecule has 0 atom stereocenters. The van der Waals surface area contributed by atoms with Crippen LogP contribution in [0.1, 0.15) is 24.6 Å². The quantitative estimate of drug-likeness (QED) is 0.570. The van der Waals surface area contributed by atoms with E-state index in [1.165, 1.54) is 16.4 Å². The number of rotatable bonds is 6. The van der Waals surface area contributed by atoms with Crippen molar-refractivity contribution in [3.63, 3.8) is 0 Å². The molecule has 32 heavy (non-hydrogen) atoms. The average molecular weight is 456 g/mol. The van der Waals surface area contributed by atoms with Crippen LogP contribution in [0.2, 0.25) is 0 Å². The third-order valence-electron chi connectivity index (χ3n) is 5.95. The summed E-state index contributed by atoms with van der Waals surface area (Å²) in [6.07, 6.45) is 3.24. The Balaban J connectivity index is 1.22. The minimum atomic E-state index is -3.61. The predicted molar refractivity (Wildman–Crippen MR) is 114 cm³/mol. The number of carbonyl (C=O) groups is 1. The number of nitrogens with zero attached hydrogens (tertiary/aromatic N) is 5. The fourth-order valence-electron chi connectivity index (χ4n) is 4.02. The molecule has 8 nitrogen and oxygen atoms in total. The molecular formula is C22H22FN5O3S. The van der Waals surface area contributed by atoms with Gasteiger partial charge < -0.3 is 4.90 Å². The Hall–Kier alpha value is -3.11. The van der Waals surface area contributed by atoms with Gasteiger partial charge in [-0.2, -0.15) is 4.31 Å². The molecule has 0 bridgehead atoms. The lowest BCUT2D eigenvalue weighted by atomic mass is 10.1. The molecule has 0 N–H and O–H groups in total. The van der Waals surface area contributed by atoms with Crippen molar-refractivity contribution in [3.8, 4) is 11.1 Å². The van der Waals surface area contributed by atoms with Gasteiger partial charge in [0.1, 0.15) is 11.5 Å². The van der Waals surface area contributed by atoms with E-state index in [1.807, 2.05) is 0 Å². The molecule has 2 aliphatic heterocycles. The van der Waals surface area contributed by atoms with Crippen molar-refractivity contribution in [2.24, 2.45) is 0 Å². The SMILES string of the molecule is O=C1CCCN1Cc1cn(C2CN(S(=O)(=O)c3ccc(-c4ccc(F)cc4)cc3)C2)nn1. The van der Waals surface area contributed by atoms with E-state index in [0.29, 0.717) is 31.7 Å². The topological polar surface area (TPSA) is 88.4 Å². The molecule has 2 aliphatic rings. The normalized spacial score (nSPS) is 17.7. The molecule has 0 aliphatic carbocycles. The van der Waals surface area contributed by atoms with Gasteiger partial charge in [-0.3, -0.25) is 4.79 Å². The third kappa shape index (κ3) is 3.91. The fraction of sp³-hybridized carbons (Fsp3) is 0.318. The number of benzene rings is 2. The van der Waals surface area contributed by atoms with Crippen LogP contribution in [0.3, 0.4) is 0 Å². The highest BCUT2D eigenvalue weighted by Gasteiger charge is 2.38. The van der Waals surface area contributed by atoms with E-state index >= 15 is 0 Å². The summed E-state index contributed by atoms with van der Waals surface area (Å²) in [6.45, 7) is 1.80. The van der Waals surface area contributed by atoms with Gasteiger partial charge in [-0.15, -0.1) is 5.10 Å². The van der Waals surface area contributed by atoms with Crippen molar-refractivity contribution >= 4 is 15.9 Å². The van der Waals surface area contributed by atoms with Crippen molar-refractivity contribution in [2.45, 2.75) is 30.3 Å². The minimum absolute atomic E-state index is 0.0845. The molecular weight excluding hydrogens is 433 g/mol. The van der Waals surface area contributed by atoms with Crippen molar-refractivity contribution < 1.29 is 17.6 Å². The molecule has 0 saturated carbocycles. The van der Waals surface area contributed by atoms with Crippen molar-refractivity contribution in [1.29, 1.82) is 0 Å². The maximum Gasteiger partial charge on any atom is 0.243 e.